The summed E-state index contributed by atoms with van der Waals surface area (Å²) in [7, 11) is 0. The highest BCUT2D eigenvalue weighted by Gasteiger charge is 2.30. The van der Waals surface area contributed by atoms with Crippen LogP contribution in [0.1, 0.15) is 23.6 Å². The first-order valence-corrected chi connectivity index (χ1v) is 7.57. The van der Waals surface area contributed by atoms with E-state index in [0.717, 1.165) is 32.8 Å². The van der Waals surface area contributed by atoms with Crippen LogP contribution in [0.4, 0.5) is 0 Å². The van der Waals surface area contributed by atoms with Gasteiger partial charge in [-0.25, -0.2) is 0 Å². The van der Waals surface area contributed by atoms with Crippen LogP contribution in [-0.2, 0) is 16.1 Å². The highest BCUT2D eigenvalue weighted by molar-refractivity contribution is 5.70. The number of carboxylic acids is 1. The number of aliphatic carboxylic acids is 1. The van der Waals surface area contributed by atoms with E-state index in [1.165, 1.54) is 11.1 Å². The standard InChI is InChI=1S/C16H22N2O3/c19-16(20)14-9-15(17-10-14)13-3-1-2-12(8-13)11-18-4-6-21-7-5-18/h1-3,8,14-15,17H,4-7,9-11H2,(H,19,20). The van der Waals surface area contributed by atoms with E-state index in [2.05, 4.69) is 34.5 Å². The molecule has 2 aliphatic heterocycles. The number of benzene rings is 1. The molecule has 2 heterocycles. The molecule has 2 fully saturated rings. The van der Waals surface area contributed by atoms with Gasteiger partial charge < -0.3 is 15.2 Å². The number of ether oxygens (including phenoxy) is 1. The van der Waals surface area contributed by atoms with Gasteiger partial charge in [-0.05, 0) is 17.5 Å². The Morgan fingerprint density at radius 1 is 1.38 bits per heavy atom. The number of hydrogen-bond acceptors (Lipinski definition) is 4. The summed E-state index contributed by atoms with van der Waals surface area (Å²) in [4.78, 5) is 13.4. The minimum atomic E-state index is -0.700. The molecule has 0 amide bonds. The number of hydrogen-bond donors (Lipinski definition) is 2. The SMILES string of the molecule is O=C(O)C1CNC(c2cccc(CN3CCOCC3)c2)C1. The third kappa shape index (κ3) is 3.61. The molecule has 2 atom stereocenters. The summed E-state index contributed by atoms with van der Waals surface area (Å²) in [6.07, 6.45) is 0.677. The zero-order valence-electron chi connectivity index (χ0n) is 12.1. The Bertz CT molecular complexity index is 500. The molecule has 0 radical (unpaired) electrons. The molecule has 5 heteroatoms. The van der Waals surface area contributed by atoms with Crippen molar-refractivity contribution in [3.8, 4) is 0 Å². The molecule has 2 N–H and O–H groups in total. The molecule has 114 valence electrons. The zero-order chi connectivity index (χ0) is 14.7. The second kappa shape index (κ2) is 6.56. The molecular formula is C16H22N2O3. The van der Waals surface area contributed by atoms with Crippen LogP contribution in [0.5, 0.6) is 0 Å². The van der Waals surface area contributed by atoms with Crippen molar-refractivity contribution in [2.24, 2.45) is 5.92 Å². The summed E-state index contributed by atoms with van der Waals surface area (Å²) in [6.45, 7) is 5.08. The van der Waals surface area contributed by atoms with E-state index in [-0.39, 0.29) is 12.0 Å². The molecule has 0 bridgehead atoms. The Morgan fingerprint density at radius 3 is 2.90 bits per heavy atom. The van der Waals surface area contributed by atoms with Crippen molar-refractivity contribution in [2.75, 3.05) is 32.8 Å². The number of morpholine rings is 1. The van der Waals surface area contributed by atoms with Crippen LogP contribution < -0.4 is 5.32 Å². The van der Waals surface area contributed by atoms with Gasteiger partial charge in [-0.1, -0.05) is 24.3 Å². The van der Waals surface area contributed by atoms with Gasteiger partial charge in [-0.2, -0.15) is 0 Å². The van der Waals surface area contributed by atoms with Gasteiger partial charge in [0.25, 0.3) is 0 Å². The van der Waals surface area contributed by atoms with Crippen molar-refractivity contribution in [3.63, 3.8) is 0 Å². The van der Waals surface area contributed by atoms with Crippen molar-refractivity contribution in [1.82, 2.24) is 10.2 Å². The maximum atomic E-state index is 11.0. The van der Waals surface area contributed by atoms with Crippen LogP contribution >= 0.6 is 0 Å². The number of carbonyl (C=O) groups is 1. The Labute approximate surface area is 124 Å². The number of rotatable bonds is 4. The average Bonchev–Trinajstić information content (AvgIpc) is 2.99. The van der Waals surface area contributed by atoms with E-state index in [9.17, 15) is 4.79 Å². The molecule has 2 unspecified atom stereocenters. The Hall–Kier alpha value is -1.43. The van der Waals surface area contributed by atoms with Crippen LogP contribution in [0, 0.1) is 5.92 Å². The molecule has 2 aliphatic rings. The normalized spacial score (nSPS) is 26.9. The molecule has 1 aromatic rings. The molecule has 0 spiro atoms. The molecule has 0 aromatic heterocycles. The number of nitrogens with zero attached hydrogens (tertiary/aromatic N) is 1. The largest absolute Gasteiger partial charge is 0.481 e. The van der Waals surface area contributed by atoms with E-state index in [1.54, 1.807) is 0 Å². The first-order valence-electron chi connectivity index (χ1n) is 7.57. The quantitative estimate of drug-likeness (QED) is 0.874. The van der Waals surface area contributed by atoms with E-state index in [0.29, 0.717) is 13.0 Å². The lowest BCUT2D eigenvalue weighted by atomic mass is 9.98. The van der Waals surface area contributed by atoms with E-state index >= 15 is 0 Å². The Morgan fingerprint density at radius 2 is 2.19 bits per heavy atom. The molecule has 2 saturated heterocycles. The number of nitrogens with one attached hydrogen (secondary N) is 1. The van der Waals surface area contributed by atoms with Gasteiger partial charge in [-0.3, -0.25) is 9.69 Å². The summed E-state index contributed by atoms with van der Waals surface area (Å²) >= 11 is 0. The average molecular weight is 290 g/mol. The number of carboxylic acid groups (broad SMARTS) is 1. The molecule has 5 nitrogen and oxygen atoms in total. The van der Waals surface area contributed by atoms with Crippen molar-refractivity contribution in [1.29, 1.82) is 0 Å². The molecule has 3 rings (SSSR count). The lowest BCUT2D eigenvalue weighted by Crippen LogP contribution is -2.35. The van der Waals surface area contributed by atoms with Crippen LogP contribution in [0.3, 0.4) is 0 Å². The van der Waals surface area contributed by atoms with Gasteiger partial charge in [0.05, 0.1) is 19.1 Å². The van der Waals surface area contributed by atoms with Gasteiger partial charge in [0, 0.05) is 32.2 Å². The minimum absolute atomic E-state index is 0.163. The molecular weight excluding hydrogens is 268 g/mol. The van der Waals surface area contributed by atoms with Gasteiger partial charge in [0.1, 0.15) is 0 Å². The summed E-state index contributed by atoms with van der Waals surface area (Å²) in [5, 5.41) is 12.4. The highest BCUT2D eigenvalue weighted by Crippen LogP contribution is 2.28. The van der Waals surface area contributed by atoms with Crippen LogP contribution in [0.15, 0.2) is 24.3 Å². The fraction of sp³-hybridized carbons (Fsp3) is 0.562. The Balaban J connectivity index is 1.64. The van der Waals surface area contributed by atoms with Crippen molar-refractivity contribution in [3.05, 3.63) is 35.4 Å². The van der Waals surface area contributed by atoms with Gasteiger partial charge in [0.15, 0.2) is 0 Å². The van der Waals surface area contributed by atoms with E-state index in [1.807, 2.05) is 0 Å². The predicted octanol–water partition coefficient (Wildman–Crippen LogP) is 1.25. The second-order valence-corrected chi connectivity index (χ2v) is 5.87. The van der Waals surface area contributed by atoms with Crippen molar-refractivity contribution >= 4 is 5.97 Å². The summed E-state index contributed by atoms with van der Waals surface area (Å²) in [6, 6.07) is 8.67. The molecule has 0 saturated carbocycles. The molecule has 1 aromatic carbocycles. The minimum Gasteiger partial charge on any atom is -0.481 e. The third-order valence-corrected chi connectivity index (χ3v) is 4.34. The van der Waals surface area contributed by atoms with Gasteiger partial charge in [-0.15, -0.1) is 0 Å². The van der Waals surface area contributed by atoms with E-state index in [4.69, 9.17) is 9.84 Å². The Kier molecular flexibility index (Phi) is 4.53. The second-order valence-electron chi connectivity index (χ2n) is 5.87. The molecule has 0 aliphatic carbocycles. The van der Waals surface area contributed by atoms with Gasteiger partial charge in [0.2, 0.25) is 0 Å². The predicted molar refractivity (Wildman–Crippen MR) is 79.0 cm³/mol. The molecule has 21 heavy (non-hydrogen) atoms. The lowest BCUT2D eigenvalue weighted by Gasteiger charge is -2.26. The highest BCUT2D eigenvalue weighted by atomic mass is 16.5. The van der Waals surface area contributed by atoms with Crippen molar-refractivity contribution in [2.45, 2.75) is 19.0 Å². The summed E-state index contributed by atoms with van der Waals surface area (Å²) < 4.78 is 5.37. The van der Waals surface area contributed by atoms with Crippen molar-refractivity contribution < 1.29 is 14.6 Å². The van der Waals surface area contributed by atoms with Crippen LogP contribution in [0.25, 0.3) is 0 Å². The fourth-order valence-electron chi connectivity index (χ4n) is 3.10. The summed E-state index contributed by atoms with van der Waals surface area (Å²) in [5.74, 6) is -0.965. The topological polar surface area (TPSA) is 61.8 Å². The van der Waals surface area contributed by atoms with E-state index < -0.39 is 5.97 Å². The monoisotopic (exact) mass is 290 g/mol. The first-order chi connectivity index (χ1) is 10.2. The van der Waals surface area contributed by atoms with Gasteiger partial charge >= 0.3 is 5.97 Å². The summed E-state index contributed by atoms with van der Waals surface area (Å²) in [5.41, 5.74) is 2.49. The maximum absolute atomic E-state index is 11.0. The third-order valence-electron chi connectivity index (χ3n) is 4.34. The smallest absolute Gasteiger partial charge is 0.307 e. The lowest BCUT2D eigenvalue weighted by molar-refractivity contribution is -0.141. The zero-order valence-corrected chi connectivity index (χ0v) is 12.1. The van der Waals surface area contributed by atoms with Crippen LogP contribution in [-0.4, -0.2) is 48.8 Å². The maximum Gasteiger partial charge on any atom is 0.307 e. The first kappa shape index (κ1) is 14.5. The van der Waals surface area contributed by atoms with Crippen LogP contribution in [0.2, 0.25) is 0 Å². The fourth-order valence-corrected chi connectivity index (χ4v) is 3.10.